The maximum atomic E-state index is 11.7. The van der Waals surface area contributed by atoms with Crippen LogP contribution in [0.25, 0.3) is 0 Å². The summed E-state index contributed by atoms with van der Waals surface area (Å²) in [5.41, 5.74) is 0. The zero-order valence-electron chi connectivity index (χ0n) is 9.55. The number of aliphatic hydroxyl groups is 1. The van der Waals surface area contributed by atoms with Gasteiger partial charge in [0.05, 0.1) is 6.10 Å². The summed E-state index contributed by atoms with van der Waals surface area (Å²) in [6, 6.07) is 0. The molecular weight excluding hydrogens is 232 g/mol. The van der Waals surface area contributed by atoms with Crippen LogP contribution in [0, 0.1) is 0 Å². The van der Waals surface area contributed by atoms with Crippen molar-refractivity contribution in [3.05, 3.63) is 0 Å². The van der Waals surface area contributed by atoms with Gasteiger partial charge < -0.3 is 9.84 Å². The van der Waals surface area contributed by atoms with Gasteiger partial charge >= 0.3 is 0 Å². The third kappa shape index (κ3) is 4.34. The minimum atomic E-state index is -3.43. The van der Waals surface area contributed by atoms with Crippen molar-refractivity contribution in [2.75, 3.05) is 33.4 Å². The molecule has 96 valence electrons. The topological polar surface area (TPSA) is 78.9 Å². The average Bonchev–Trinajstić information content (AvgIpc) is 2.76. The molecule has 0 spiro atoms. The van der Waals surface area contributed by atoms with Crippen molar-refractivity contribution in [3.63, 3.8) is 0 Å². The number of nitrogens with zero attached hydrogens (tertiary/aromatic N) is 1. The number of ether oxygens (including phenoxy) is 1. The molecule has 0 aliphatic carbocycles. The fraction of sp³-hybridized carbons (Fsp3) is 1.00. The molecular formula is C9H20N2O4S. The summed E-state index contributed by atoms with van der Waals surface area (Å²) < 4.78 is 32.4. The van der Waals surface area contributed by atoms with Gasteiger partial charge in [-0.15, -0.1) is 0 Å². The summed E-state index contributed by atoms with van der Waals surface area (Å²) in [7, 11) is -1.93. The third-order valence-electron chi connectivity index (χ3n) is 2.56. The van der Waals surface area contributed by atoms with E-state index < -0.39 is 10.2 Å². The lowest BCUT2D eigenvalue weighted by atomic mass is 10.2. The Hall–Kier alpha value is -0.210. The van der Waals surface area contributed by atoms with Gasteiger partial charge in [-0.2, -0.15) is 17.4 Å². The first-order valence-corrected chi connectivity index (χ1v) is 6.93. The largest absolute Gasteiger partial charge is 0.396 e. The molecule has 1 heterocycles. The van der Waals surface area contributed by atoms with Gasteiger partial charge in [0.1, 0.15) is 0 Å². The van der Waals surface area contributed by atoms with E-state index in [0.29, 0.717) is 26.1 Å². The van der Waals surface area contributed by atoms with E-state index in [2.05, 4.69) is 4.72 Å². The molecule has 0 aromatic rings. The van der Waals surface area contributed by atoms with Crippen LogP contribution in [0.5, 0.6) is 0 Å². The second-order valence-corrected chi connectivity index (χ2v) is 5.75. The molecule has 0 aromatic carbocycles. The Morgan fingerprint density at radius 2 is 2.31 bits per heavy atom. The Balaban J connectivity index is 2.32. The molecule has 0 radical (unpaired) electrons. The van der Waals surface area contributed by atoms with Crippen LogP contribution in [0.2, 0.25) is 0 Å². The lowest BCUT2D eigenvalue weighted by Gasteiger charge is -2.18. The van der Waals surface area contributed by atoms with Crippen LogP contribution in [-0.2, 0) is 14.9 Å². The highest BCUT2D eigenvalue weighted by atomic mass is 32.2. The molecule has 0 saturated carbocycles. The van der Waals surface area contributed by atoms with E-state index in [4.69, 9.17) is 9.84 Å². The van der Waals surface area contributed by atoms with E-state index in [-0.39, 0.29) is 12.7 Å². The van der Waals surface area contributed by atoms with E-state index in [1.165, 1.54) is 11.4 Å². The fourth-order valence-electron chi connectivity index (χ4n) is 1.53. The van der Waals surface area contributed by atoms with Gasteiger partial charge in [0.15, 0.2) is 0 Å². The number of hydrogen-bond donors (Lipinski definition) is 2. The average molecular weight is 252 g/mol. The van der Waals surface area contributed by atoms with Crippen LogP contribution in [0.4, 0.5) is 0 Å². The van der Waals surface area contributed by atoms with Crippen molar-refractivity contribution in [1.82, 2.24) is 9.03 Å². The Kier molecular flexibility index (Phi) is 5.63. The van der Waals surface area contributed by atoms with E-state index >= 15 is 0 Å². The summed E-state index contributed by atoms with van der Waals surface area (Å²) >= 11 is 0. The minimum Gasteiger partial charge on any atom is -0.396 e. The van der Waals surface area contributed by atoms with Crippen LogP contribution in [0.3, 0.4) is 0 Å². The monoisotopic (exact) mass is 252 g/mol. The molecule has 16 heavy (non-hydrogen) atoms. The standard InChI is InChI=1S/C9H20N2O4S/c1-11(5-3-6-12)16(13,14)10-8-9-4-2-7-15-9/h9-10,12H,2-8H2,1H3. The lowest BCUT2D eigenvalue weighted by molar-refractivity contribution is 0.114. The van der Waals surface area contributed by atoms with Crippen molar-refractivity contribution in [2.24, 2.45) is 0 Å². The fourth-order valence-corrected chi connectivity index (χ4v) is 2.51. The second kappa shape index (κ2) is 6.51. The lowest BCUT2D eigenvalue weighted by Crippen LogP contribution is -2.42. The van der Waals surface area contributed by atoms with Crippen molar-refractivity contribution < 1.29 is 18.3 Å². The molecule has 0 bridgehead atoms. The van der Waals surface area contributed by atoms with Gasteiger partial charge in [-0.1, -0.05) is 0 Å². The molecule has 0 amide bonds. The zero-order valence-corrected chi connectivity index (χ0v) is 10.4. The molecule has 1 rings (SSSR count). The van der Waals surface area contributed by atoms with Crippen LogP contribution in [-0.4, -0.2) is 57.3 Å². The highest BCUT2D eigenvalue weighted by Crippen LogP contribution is 2.11. The van der Waals surface area contributed by atoms with Crippen LogP contribution < -0.4 is 4.72 Å². The number of rotatable bonds is 7. The summed E-state index contributed by atoms with van der Waals surface area (Å²) in [4.78, 5) is 0. The summed E-state index contributed by atoms with van der Waals surface area (Å²) in [5.74, 6) is 0. The summed E-state index contributed by atoms with van der Waals surface area (Å²) in [5, 5.41) is 8.62. The van der Waals surface area contributed by atoms with Gasteiger partial charge in [-0.05, 0) is 19.3 Å². The van der Waals surface area contributed by atoms with E-state index in [1.807, 2.05) is 0 Å². The number of nitrogens with one attached hydrogen (secondary N) is 1. The van der Waals surface area contributed by atoms with Gasteiger partial charge in [0, 0.05) is 33.4 Å². The van der Waals surface area contributed by atoms with Crippen LogP contribution in [0.1, 0.15) is 19.3 Å². The minimum absolute atomic E-state index is 0.000941. The predicted molar refractivity (Wildman–Crippen MR) is 60.2 cm³/mol. The molecule has 2 N–H and O–H groups in total. The normalized spacial score (nSPS) is 21.8. The molecule has 1 fully saturated rings. The molecule has 1 unspecified atom stereocenters. The number of aliphatic hydroxyl groups excluding tert-OH is 1. The smallest absolute Gasteiger partial charge is 0.279 e. The Morgan fingerprint density at radius 3 is 2.88 bits per heavy atom. The summed E-state index contributed by atoms with van der Waals surface area (Å²) in [6.45, 7) is 1.35. The first kappa shape index (κ1) is 13.9. The van der Waals surface area contributed by atoms with Gasteiger partial charge in [0.2, 0.25) is 0 Å². The summed E-state index contributed by atoms with van der Waals surface area (Å²) in [6.07, 6.45) is 2.34. The van der Waals surface area contributed by atoms with Gasteiger partial charge in [0.25, 0.3) is 10.2 Å². The van der Waals surface area contributed by atoms with Crippen molar-refractivity contribution in [3.8, 4) is 0 Å². The first-order chi connectivity index (χ1) is 7.56. The number of hydrogen-bond acceptors (Lipinski definition) is 4. The zero-order chi connectivity index (χ0) is 12.0. The SMILES string of the molecule is CN(CCCO)S(=O)(=O)NCC1CCCO1. The van der Waals surface area contributed by atoms with E-state index in [0.717, 1.165) is 12.8 Å². The van der Waals surface area contributed by atoms with Crippen LogP contribution >= 0.6 is 0 Å². The van der Waals surface area contributed by atoms with E-state index in [1.54, 1.807) is 0 Å². The highest BCUT2D eigenvalue weighted by molar-refractivity contribution is 7.87. The van der Waals surface area contributed by atoms with Crippen molar-refractivity contribution in [2.45, 2.75) is 25.4 Å². The second-order valence-electron chi connectivity index (χ2n) is 3.89. The Morgan fingerprint density at radius 1 is 1.56 bits per heavy atom. The predicted octanol–water partition coefficient (Wildman–Crippen LogP) is -0.686. The molecule has 1 aliphatic rings. The maximum absolute atomic E-state index is 11.7. The molecule has 1 aliphatic heterocycles. The van der Waals surface area contributed by atoms with Crippen molar-refractivity contribution >= 4 is 10.2 Å². The highest BCUT2D eigenvalue weighted by Gasteiger charge is 2.21. The van der Waals surface area contributed by atoms with Gasteiger partial charge in [-0.3, -0.25) is 0 Å². The molecule has 0 aromatic heterocycles. The third-order valence-corrected chi connectivity index (χ3v) is 4.09. The van der Waals surface area contributed by atoms with E-state index in [9.17, 15) is 8.42 Å². The quantitative estimate of drug-likeness (QED) is 0.629. The molecule has 6 nitrogen and oxygen atoms in total. The Labute approximate surface area is 96.8 Å². The van der Waals surface area contributed by atoms with Crippen LogP contribution in [0.15, 0.2) is 0 Å². The Bertz CT molecular complexity index is 288. The molecule has 1 atom stereocenters. The molecule has 7 heteroatoms. The van der Waals surface area contributed by atoms with Crippen molar-refractivity contribution in [1.29, 1.82) is 0 Å². The van der Waals surface area contributed by atoms with Gasteiger partial charge in [-0.25, -0.2) is 0 Å². The maximum Gasteiger partial charge on any atom is 0.279 e. The molecule has 1 saturated heterocycles. The first-order valence-electron chi connectivity index (χ1n) is 5.49.